The van der Waals surface area contributed by atoms with Gasteiger partial charge in [0.2, 0.25) is 0 Å². The largest absolute Gasteiger partial charge is 0.313 e. The molecule has 0 radical (unpaired) electrons. The van der Waals surface area contributed by atoms with Crippen molar-refractivity contribution in [3.05, 3.63) is 100 Å². The third-order valence-electron chi connectivity index (χ3n) is 4.78. The van der Waals surface area contributed by atoms with Crippen molar-refractivity contribution in [3.63, 3.8) is 0 Å². The van der Waals surface area contributed by atoms with Crippen LogP contribution >= 0.6 is 27.7 Å². The van der Waals surface area contributed by atoms with E-state index < -0.39 is 4.75 Å². The SMILES string of the molecule is CN1C(=O)C(SCc2ccccc2)(c2ccccc2)c2cc(Br)ccc21. The van der Waals surface area contributed by atoms with Crippen LogP contribution in [0.2, 0.25) is 0 Å². The minimum atomic E-state index is -0.731. The van der Waals surface area contributed by atoms with Gasteiger partial charge in [-0.25, -0.2) is 0 Å². The van der Waals surface area contributed by atoms with Gasteiger partial charge in [-0.1, -0.05) is 76.6 Å². The summed E-state index contributed by atoms with van der Waals surface area (Å²) < 4.78 is 0.255. The average Bonchev–Trinajstić information content (AvgIpc) is 2.89. The molecular formula is C22H18BrNOS. The van der Waals surface area contributed by atoms with Crippen molar-refractivity contribution in [2.24, 2.45) is 0 Å². The number of benzene rings is 3. The van der Waals surface area contributed by atoms with Crippen molar-refractivity contribution >= 4 is 39.3 Å². The normalized spacial score (nSPS) is 18.8. The Morgan fingerprint density at radius 1 is 0.962 bits per heavy atom. The maximum Gasteiger partial charge on any atom is 0.252 e. The van der Waals surface area contributed by atoms with E-state index in [4.69, 9.17) is 0 Å². The number of likely N-dealkylation sites (N-methyl/N-ethyl adjacent to an activating group) is 1. The molecule has 0 bridgehead atoms. The zero-order valence-electron chi connectivity index (χ0n) is 14.4. The van der Waals surface area contributed by atoms with E-state index in [2.05, 4.69) is 46.3 Å². The van der Waals surface area contributed by atoms with Crippen LogP contribution in [0, 0.1) is 0 Å². The molecule has 1 amide bonds. The number of thioether (sulfide) groups is 1. The van der Waals surface area contributed by atoms with E-state index in [1.165, 1.54) is 5.56 Å². The molecule has 3 aromatic rings. The molecule has 0 aliphatic carbocycles. The van der Waals surface area contributed by atoms with Crippen LogP contribution in [0.25, 0.3) is 0 Å². The van der Waals surface area contributed by atoms with Gasteiger partial charge in [-0.05, 0) is 29.3 Å². The molecule has 26 heavy (non-hydrogen) atoms. The van der Waals surface area contributed by atoms with Crippen molar-refractivity contribution < 1.29 is 4.79 Å². The Morgan fingerprint density at radius 3 is 2.31 bits per heavy atom. The molecule has 4 heteroatoms. The molecule has 1 unspecified atom stereocenters. The molecule has 1 heterocycles. The number of amides is 1. The highest BCUT2D eigenvalue weighted by atomic mass is 79.9. The molecule has 3 aromatic carbocycles. The minimum absolute atomic E-state index is 0.109. The van der Waals surface area contributed by atoms with E-state index >= 15 is 0 Å². The van der Waals surface area contributed by atoms with Crippen LogP contribution in [-0.2, 0) is 15.3 Å². The molecule has 0 saturated heterocycles. The van der Waals surface area contributed by atoms with E-state index in [0.717, 1.165) is 27.0 Å². The number of fused-ring (bicyclic) bond motifs is 1. The third kappa shape index (κ3) is 2.78. The van der Waals surface area contributed by atoms with Gasteiger partial charge in [0.25, 0.3) is 5.91 Å². The first kappa shape index (κ1) is 17.4. The van der Waals surface area contributed by atoms with Gasteiger partial charge in [-0.2, -0.15) is 0 Å². The summed E-state index contributed by atoms with van der Waals surface area (Å²) in [7, 11) is 1.86. The fourth-order valence-electron chi connectivity index (χ4n) is 3.48. The van der Waals surface area contributed by atoms with Gasteiger partial charge < -0.3 is 4.90 Å². The van der Waals surface area contributed by atoms with Crippen LogP contribution in [0.3, 0.4) is 0 Å². The van der Waals surface area contributed by atoms with Gasteiger partial charge in [-0.3, -0.25) is 4.79 Å². The first-order valence-electron chi connectivity index (χ1n) is 8.44. The van der Waals surface area contributed by atoms with Gasteiger partial charge in [0, 0.05) is 28.5 Å². The van der Waals surface area contributed by atoms with Gasteiger partial charge in [0.15, 0.2) is 0 Å². The summed E-state index contributed by atoms with van der Waals surface area (Å²) in [5.74, 6) is 0.874. The maximum atomic E-state index is 13.5. The Bertz CT molecular complexity index is 945. The van der Waals surface area contributed by atoms with E-state index in [9.17, 15) is 4.79 Å². The van der Waals surface area contributed by atoms with Crippen molar-refractivity contribution in [2.45, 2.75) is 10.5 Å². The lowest BCUT2D eigenvalue weighted by Gasteiger charge is -2.28. The quantitative estimate of drug-likeness (QED) is 0.543. The van der Waals surface area contributed by atoms with E-state index in [1.807, 2.05) is 55.6 Å². The summed E-state index contributed by atoms with van der Waals surface area (Å²) in [5, 5.41) is 0. The highest BCUT2D eigenvalue weighted by molar-refractivity contribution is 9.10. The van der Waals surface area contributed by atoms with E-state index in [-0.39, 0.29) is 5.91 Å². The van der Waals surface area contributed by atoms with Crippen molar-refractivity contribution in [1.29, 1.82) is 0 Å². The predicted octanol–water partition coefficient (Wildman–Crippen LogP) is 5.60. The zero-order chi connectivity index (χ0) is 18.1. The van der Waals surface area contributed by atoms with Crippen LogP contribution < -0.4 is 4.90 Å². The number of nitrogens with zero attached hydrogens (tertiary/aromatic N) is 1. The highest BCUT2D eigenvalue weighted by Gasteiger charge is 2.51. The molecule has 0 fully saturated rings. The molecule has 0 aromatic heterocycles. The molecule has 0 spiro atoms. The summed E-state index contributed by atoms with van der Waals surface area (Å²) in [6.07, 6.45) is 0. The molecule has 130 valence electrons. The number of anilines is 1. The third-order valence-corrected chi connectivity index (χ3v) is 6.82. The summed E-state index contributed by atoms with van der Waals surface area (Å²) in [5.41, 5.74) is 4.26. The Hall–Kier alpha value is -2.04. The van der Waals surface area contributed by atoms with Crippen molar-refractivity contribution in [2.75, 3.05) is 11.9 Å². The summed E-state index contributed by atoms with van der Waals surface area (Å²) in [6.45, 7) is 0. The lowest BCUT2D eigenvalue weighted by atomic mass is 9.91. The number of carbonyl (C=O) groups excluding carboxylic acids is 1. The zero-order valence-corrected chi connectivity index (χ0v) is 16.8. The Morgan fingerprint density at radius 2 is 1.62 bits per heavy atom. The number of hydrogen-bond acceptors (Lipinski definition) is 2. The monoisotopic (exact) mass is 423 g/mol. The molecule has 4 rings (SSSR count). The first-order chi connectivity index (χ1) is 12.6. The molecule has 1 aliphatic rings. The fraction of sp³-hybridized carbons (Fsp3) is 0.136. The standard InChI is InChI=1S/C22H18BrNOS/c1-24-20-13-12-18(23)14-19(20)22(21(24)25,17-10-6-3-7-11-17)26-15-16-8-4-2-5-9-16/h2-14H,15H2,1H3. The second-order valence-electron chi connectivity index (χ2n) is 6.35. The fourth-order valence-corrected chi connectivity index (χ4v) is 5.30. The number of carbonyl (C=O) groups is 1. The lowest BCUT2D eigenvalue weighted by Crippen LogP contribution is -2.37. The Labute approximate surface area is 166 Å². The second-order valence-corrected chi connectivity index (χ2v) is 8.45. The highest BCUT2D eigenvalue weighted by Crippen LogP contribution is 2.54. The lowest BCUT2D eigenvalue weighted by molar-refractivity contribution is -0.119. The summed E-state index contributed by atoms with van der Waals surface area (Å²) >= 11 is 5.27. The average molecular weight is 424 g/mol. The number of halogens is 1. The molecule has 2 nitrogen and oxygen atoms in total. The van der Waals surface area contributed by atoms with Crippen LogP contribution in [0.4, 0.5) is 5.69 Å². The first-order valence-corrected chi connectivity index (χ1v) is 10.2. The van der Waals surface area contributed by atoms with E-state index in [1.54, 1.807) is 16.7 Å². The van der Waals surface area contributed by atoms with Crippen molar-refractivity contribution in [1.82, 2.24) is 0 Å². The Kier molecular flexibility index (Phi) is 4.63. The molecule has 0 N–H and O–H groups in total. The molecule has 1 atom stereocenters. The van der Waals surface area contributed by atoms with Gasteiger partial charge in [-0.15, -0.1) is 11.8 Å². The number of hydrogen-bond donors (Lipinski definition) is 0. The number of rotatable bonds is 4. The van der Waals surface area contributed by atoms with Crippen LogP contribution in [0.15, 0.2) is 83.3 Å². The molecule has 0 saturated carbocycles. The Balaban J connectivity index is 1.87. The van der Waals surface area contributed by atoms with E-state index in [0.29, 0.717) is 0 Å². The maximum absolute atomic E-state index is 13.5. The summed E-state index contributed by atoms with van der Waals surface area (Å²) in [4.78, 5) is 15.3. The minimum Gasteiger partial charge on any atom is -0.313 e. The van der Waals surface area contributed by atoms with Crippen LogP contribution in [0.5, 0.6) is 0 Å². The smallest absolute Gasteiger partial charge is 0.252 e. The van der Waals surface area contributed by atoms with Crippen LogP contribution in [-0.4, -0.2) is 13.0 Å². The van der Waals surface area contributed by atoms with Crippen molar-refractivity contribution in [3.8, 4) is 0 Å². The topological polar surface area (TPSA) is 20.3 Å². The molecular weight excluding hydrogens is 406 g/mol. The van der Waals surface area contributed by atoms with Gasteiger partial charge in [0.05, 0.1) is 0 Å². The second kappa shape index (κ2) is 6.93. The van der Waals surface area contributed by atoms with Gasteiger partial charge in [0.1, 0.15) is 4.75 Å². The summed E-state index contributed by atoms with van der Waals surface area (Å²) in [6, 6.07) is 26.5. The van der Waals surface area contributed by atoms with Gasteiger partial charge >= 0.3 is 0 Å². The van der Waals surface area contributed by atoms with Crippen LogP contribution in [0.1, 0.15) is 16.7 Å². The molecule has 1 aliphatic heterocycles. The predicted molar refractivity (Wildman–Crippen MR) is 113 cm³/mol.